The Morgan fingerprint density at radius 2 is 2.00 bits per heavy atom. The van der Waals surface area contributed by atoms with Crippen molar-refractivity contribution in [3.8, 4) is 0 Å². The van der Waals surface area contributed by atoms with Gasteiger partial charge in [-0.1, -0.05) is 17.7 Å². The van der Waals surface area contributed by atoms with Crippen molar-refractivity contribution in [1.29, 1.82) is 0 Å². The van der Waals surface area contributed by atoms with Gasteiger partial charge in [0.15, 0.2) is 0 Å². The monoisotopic (exact) mass is 297 g/mol. The predicted octanol–water partition coefficient (Wildman–Crippen LogP) is 3.56. The first kappa shape index (κ1) is 14.3. The molecule has 0 aromatic heterocycles. The number of nitrogen functional groups attached to an aromatic ring is 1. The zero-order chi connectivity index (χ0) is 14.7. The lowest BCUT2D eigenvalue weighted by molar-refractivity contribution is 0.0469. The first-order chi connectivity index (χ1) is 9.49. The minimum atomic E-state index is -0.758. The normalized spacial score (nSPS) is 10.3. The van der Waals surface area contributed by atoms with Crippen LogP contribution in [0, 0.1) is 11.6 Å². The van der Waals surface area contributed by atoms with Crippen LogP contribution in [0.3, 0.4) is 0 Å². The van der Waals surface area contributed by atoms with Crippen molar-refractivity contribution in [2.45, 2.75) is 6.61 Å². The van der Waals surface area contributed by atoms with E-state index in [0.717, 1.165) is 18.2 Å². The van der Waals surface area contributed by atoms with Crippen molar-refractivity contribution in [1.82, 2.24) is 0 Å². The number of rotatable bonds is 3. The molecule has 0 bridgehead atoms. The van der Waals surface area contributed by atoms with E-state index in [0.29, 0.717) is 0 Å². The first-order valence-corrected chi connectivity index (χ1v) is 6.02. The highest BCUT2D eigenvalue weighted by Gasteiger charge is 2.14. The number of hydrogen-bond acceptors (Lipinski definition) is 3. The molecule has 0 heterocycles. The van der Waals surface area contributed by atoms with Gasteiger partial charge < -0.3 is 10.5 Å². The molecule has 0 aliphatic rings. The summed E-state index contributed by atoms with van der Waals surface area (Å²) < 4.78 is 31.2. The number of benzene rings is 2. The van der Waals surface area contributed by atoms with E-state index in [9.17, 15) is 13.6 Å². The van der Waals surface area contributed by atoms with Gasteiger partial charge in [0.05, 0.1) is 16.3 Å². The van der Waals surface area contributed by atoms with Crippen molar-refractivity contribution in [3.05, 3.63) is 64.2 Å². The van der Waals surface area contributed by atoms with Crippen molar-refractivity contribution < 1.29 is 18.3 Å². The Hall–Kier alpha value is -2.14. The molecular formula is C14H10ClF2NO2. The highest BCUT2D eigenvalue weighted by Crippen LogP contribution is 2.24. The molecule has 0 unspecified atom stereocenters. The van der Waals surface area contributed by atoms with Gasteiger partial charge in [0.1, 0.15) is 18.2 Å². The van der Waals surface area contributed by atoms with Crippen LogP contribution in [0.1, 0.15) is 15.9 Å². The molecule has 2 aromatic carbocycles. The van der Waals surface area contributed by atoms with Gasteiger partial charge in [0.2, 0.25) is 0 Å². The molecule has 0 fully saturated rings. The summed E-state index contributed by atoms with van der Waals surface area (Å²) in [5, 5.41) is 0.0669. The summed E-state index contributed by atoms with van der Waals surface area (Å²) in [5.74, 6) is -2.02. The molecule has 0 radical (unpaired) electrons. The maximum Gasteiger partial charge on any atom is 0.340 e. The number of carbonyl (C=O) groups excluding carboxylic acids is 1. The molecule has 0 spiro atoms. The Kier molecular flexibility index (Phi) is 4.20. The van der Waals surface area contributed by atoms with Crippen LogP contribution in [0.5, 0.6) is 0 Å². The van der Waals surface area contributed by atoms with Crippen molar-refractivity contribution >= 4 is 23.3 Å². The van der Waals surface area contributed by atoms with E-state index in [1.165, 1.54) is 12.1 Å². The van der Waals surface area contributed by atoms with Gasteiger partial charge >= 0.3 is 5.97 Å². The van der Waals surface area contributed by atoms with Gasteiger partial charge in [-0.2, -0.15) is 0 Å². The van der Waals surface area contributed by atoms with E-state index < -0.39 is 24.2 Å². The summed E-state index contributed by atoms with van der Waals surface area (Å²) in [6.45, 7) is -0.395. The quantitative estimate of drug-likeness (QED) is 0.696. The molecule has 0 amide bonds. The fraction of sp³-hybridized carbons (Fsp3) is 0.0714. The number of halogens is 3. The third kappa shape index (κ3) is 3.05. The number of ether oxygens (including phenoxy) is 1. The Labute approximate surface area is 118 Å². The molecule has 2 N–H and O–H groups in total. The molecule has 6 heteroatoms. The number of esters is 1. The predicted molar refractivity (Wildman–Crippen MR) is 71.3 cm³/mol. The zero-order valence-electron chi connectivity index (χ0n) is 10.2. The van der Waals surface area contributed by atoms with Gasteiger partial charge in [-0.15, -0.1) is 0 Å². The Balaban J connectivity index is 2.13. The summed E-state index contributed by atoms with van der Waals surface area (Å²) in [5.41, 5.74) is 5.81. The van der Waals surface area contributed by atoms with Gasteiger partial charge in [0, 0.05) is 5.56 Å². The molecule has 0 saturated carbocycles. The van der Waals surface area contributed by atoms with E-state index in [4.69, 9.17) is 22.1 Å². The molecule has 2 aromatic rings. The summed E-state index contributed by atoms with van der Waals surface area (Å²) in [6.07, 6.45) is 0. The van der Waals surface area contributed by atoms with E-state index in [2.05, 4.69) is 0 Å². The molecule has 104 valence electrons. The number of hydrogen-bond donors (Lipinski definition) is 1. The number of nitrogens with two attached hydrogens (primary N) is 1. The highest BCUT2D eigenvalue weighted by atomic mass is 35.5. The lowest BCUT2D eigenvalue weighted by Gasteiger charge is -2.08. The highest BCUT2D eigenvalue weighted by molar-refractivity contribution is 6.36. The average Bonchev–Trinajstić information content (AvgIpc) is 2.42. The minimum absolute atomic E-state index is 0.0571. The molecule has 0 saturated heterocycles. The first-order valence-electron chi connectivity index (χ1n) is 5.64. The molecule has 20 heavy (non-hydrogen) atoms. The third-order valence-electron chi connectivity index (χ3n) is 2.62. The van der Waals surface area contributed by atoms with Gasteiger partial charge in [-0.05, 0) is 30.3 Å². The van der Waals surface area contributed by atoms with E-state index in [-0.39, 0.29) is 21.8 Å². The van der Waals surface area contributed by atoms with Crippen LogP contribution in [0.25, 0.3) is 0 Å². The fourth-order valence-corrected chi connectivity index (χ4v) is 1.79. The van der Waals surface area contributed by atoms with Crippen LogP contribution in [0.4, 0.5) is 14.5 Å². The van der Waals surface area contributed by atoms with Crippen LogP contribution >= 0.6 is 11.6 Å². The standard InChI is InChI=1S/C14H10ClF2NO2/c15-13-10(2-1-3-12(13)18)14(19)20-7-8-6-9(16)4-5-11(8)17/h1-6H,7,18H2. The van der Waals surface area contributed by atoms with Gasteiger partial charge in [0.25, 0.3) is 0 Å². The Morgan fingerprint density at radius 3 is 2.75 bits per heavy atom. The van der Waals surface area contributed by atoms with Crippen molar-refractivity contribution in [3.63, 3.8) is 0 Å². The maximum atomic E-state index is 13.4. The van der Waals surface area contributed by atoms with Crippen LogP contribution in [0.15, 0.2) is 36.4 Å². The molecule has 0 aliphatic carbocycles. The largest absolute Gasteiger partial charge is 0.457 e. The SMILES string of the molecule is Nc1cccc(C(=O)OCc2cc(F)ccc2F)c1Cl. The summed E-state index contributed by atoms with van der Waals surface area (Å²) in [7, 11) is 0. The van der Waals surface area contributed by atoms with Crippen LogP contribution in [-0.4, -0.2) is 5.97 Å². The summed E-state index contributed by atoms with van der Waals surface area (Å²) >= 11 is 5.87. The molecular weight excluding hydrogens is 288 g/mol. The third-order valence-corrected chi connectivity index (χ3v) is 3.04. The maximum absolute atomic E-state index is 13.4. The zero-order valence-corrected chi connectivity index (χ0v) is 11.0. The topological polar surface area (TPSA) is 52.3 Å². The molecule has 0 aliphatic heterocycles. The Bertz CT molecular complexity index is 662. The molecule has 3 nitrogen and oxygen atoms in total. The minimum Gasteiger partial charge on any atom is -0.457 e. The molecule has 2 rings (SSSR count). The average molecular weight is 298 g/mol. The number of anilines is 1. The van der Waals surface area contributed by atoms with Crippen LogP contribution in [-0.2, 0) is 11.3 Å². The second-order valence-corrected chi connectivity index (χ2v) is 4.40. The van der Waals surface area contributed by atoms with Crippen molar-refractivity contribution in [2.24, 2.45) is 0 Å². The van der Waals surface area contributed by atoms with Crippen molar-refractivity contribution in [2.75, 3.05) is 5.73 Å². The van der Waals surface area contributed by atoms with E-state index in [1.807, 2.05) is 0 Å². The number of carbonyl (C=O) groups is 1. The van der Waals surface area contributed by atoms with Gasteiger partial charge in [-0.3, -0.25) is 0 Å². The lowest BCUT2D eigenvalue weighted by Crippen LogP contribution is -2.08. The fourth-order valence-electron chi connectivity index (χ4n) is 1.58. The second-order valence-electron chi connectivity index (χ2n) is 4.02. The summed E-state index contributed by atoms with van der Waals surface area (Å²) in [4.78, 5) is 11.8. The summed E-state index contributed by atoms with van der Waals surface area (Å²) in [6, 6.07) is 7.42. The van der Waals surface area contributed by atoms with E-state index >= 15 is 0 Å². The van der Waals surface area contributed by atoms with Gasteiger partial charge in [-0.25, -0.2) is 13.6 Å². The van der Waals surface area contributed by atoms with Crippen LogP contribution in [0.2, 0.25) is 5.02 Å². The Morgan fingerprint density at radius 1 is 1.25 bits per heavy atom. The molecule has 0 atom stereocenters. The lowest BCUT2D eigenvalue weighted by atomic mass is 10.2. The van der Waals surface area contributed by atoms with Crippen LogP contribution < -0.4 is 5.73 Å². The van der Waals surface area contributed by atoms with E-state index in [1.54, 1.807) is 6.07 Å². The smallest absolute Gasteiger partial charge is 0.340 e. The second kappa shape index (κ2) is 5.88.